The summed E-state index contributed by atoms with van der Waals surface area (Å²) in [5.41, 5.74) is 4.30. The summed E-state index contributed by atoms with van der Waals surface area (Å²) in [4.78, 5) is 0. The molecular formula is C12H16BrN. The number of rotatable bonds is 1. The van der Waals surface area contributed by atoms with Crippen LogP contribution in [0.25, 0.3) is 0 Å². The average molecular weight is 254 g/mol. The van der Waals surface area contributed by atoms with Gasteiger partial charge in [-0.05, 0) is 42.5 Å². The molecule has 1 aliphatic rings. The van der Waals surface area contributed by atoms with Crippen molar-refractivity contribution in [1.82, 2.24) is 5.32 Å². The lowest BCUT2D eigenvalue weighted by atomic mass is 9.93. The minimum atomic E-state index is 0.654. The molecule has 14 heavy (non-hydrogen) atoms. The van der Waals surface area contributed by atoms with E-state index in [4.69, 9.17) is 0 Å². The summed E-state index contributed by atoms with van der Waals surface area (Å²) >= 11 is 3.66. The normalized spacial score (nSPS) is 20.6. The van der Waals surface area contributed by atoms with Crippen molar-refractivity contribution in [3.8, 4) is 0 Å². The van der Waals surface area contributed by atoms with Gasteiger partial charge in [-0.1, -0.05) is 28.9 Å². The van der Waals surface area contributed by atoms with Crippen molar-refractivity contribution in [2.75, 3.05) is 0 Å². The van der Waals surface area contributed by atoms with Crippen molar-refractivity contribution in [3.63, 3.8) is 0 Å². The van der Waals surface area contributed by atoms with Crippen LogP contribution in [0.5, 0.6) is 0 Å². The lowest BCUT2D eigenvalue weighted by molar-refractivity contribution is 0.466. The van der Waals surface area contributed by atoms with E-state index in [-0.39, 0.29) is 0 Å². The van der Waals surface area contributed by atoms with Crippen LogP contribution < -0.4 is 5.32 Å². The SMILES string of the molecule is CCC1Cc2c(Br)cc(C)cc2CN1. The van der Waals surface area contributed by atoms with Gasteiger partial charge < -0.3 is 5.32 Å². The molecule has 1 aromatic carbocycles. The zero-order valence-corrected chi connectivity index (χ0v) is 10.3. The van der Waals surface area contributed by atoms with Gasteiger partial charge in [0.25, 0.3) is 0 Å². The number of benzene rings is 1. The third-order valence-electron chi connectivity index (χ3n) is 2.96. The lowest BCUT2D eigenvalue weighted by Crippen LogP contribution is -2.35. The molecule has 0 bridgehead atoms. The molecule has 0 aliphatic carbocycles. The van der Waals surface area contributed by atoms with Gasteiger partial charge in [-0.3, -0.25) is 0 Å². The molecule has 0 spiro atoms. The lowest BCUT2D eigenvalue weighted by Gasteiger charge is -2.26. The van der Waals surface area contributed by atoms with Crippen LogP contribution in [0.3, 0.4) is 0 Å². The molecule has 0 saturated carbocycles. The van der Waals surface area contributed by atoms with Gasteiger partial charge in [0.05, 0.1) is 0 Å². The monoisotopic (exact) mass is 253 g/mol. The molecule has 76 valence electrons. The molecule has 0 saturated heterocycles. The Hall–Kier alpha value is -0.340. The van der Waals surface area contributed by atoms with Gasteiger partial charge in [0.15, 0.2) is 0 Å². The Balaban J connectivity index is 2.37. The summed E-state index contributed by atoms with van der Waals surface area (Å²) in [6, 6.07) is 5.16. The quantitative estimate of drug-likeness (QED) is 0.811. The van der Waals surface area contributed by atoms with E-state index >= 15 is 0 Å². The second kappa shape index (κ2) is 4.03. The molecule has 1 unspecified atom stereocenters. The summed E-state index contributed by atoms with van der Waals surface area (Å²) in [6.07, 6.45) is 2.37. The fourth-order valence-corrected chi connectivity index (χ4v) is 2.87. The van der Waals surface area contributed by atoms with E-state index in [9.17, 15) is 0 Å². The summed E-state index contributed by atoms with van der Waals surface area (Å²) < 4.78 is 1.28. The predicted octanol–water partition coefficient (Wildman–Crippen LogP) is 3.18. The fourth-order valence-electron chi connectivity index (χ4n) is 2.09. The van der Waals surface area contributed by atoms with Gasteiger partial charge in [-0.25, -0.2) is 0 Å². The summed E-state index contributed by atoms with van der Waals surface area (Å²) in [5, 5.41) is 3.56. The first-order valence-electron chi connectivity index (χ1n) is 5.22. The molecule has 0 radical (unpaired) electrons. The van der Waals surface area contributed by atoms with Crippen molar-refractivity contribution in [3.05, 3.63) is 33.3 Å². The third-order valence-corrected chi connectivity index (χ3v) is 3.66. The number of fused-ring (bicyclic) bond motifs is 1. The van der Waals surface area contributed by atoms with Crippen molar-refractivity contribution in [2.24, 2.45) is 0 Å². The van der Waals surface area contributed by atoms with E-state index in [0.29, 0.717) is 6.04 Å². The van der Waals surface area contributed by atoms with E-state index in [1.54, 1.807) is 0 Å². The van der Waals surface area contributed by atoms with Crippen LogP contribution in [-0.4, -0.2) is 6.04 Å². The standard InChI is InChI=1S/C12H16BrN/c1-3-10-6-11-9(7-14-10)4-8(2)5-12(11)13/h4-5,10,14H,3,6-7H2,1-2H3. The van der Waals surface area contributed by atoms with Crippen LogP contribution in [0, 0.1) is 6.92 Å². The van der Waals surface area contributed by atoms with Gasteiger partial charge in [0, 0.05) is 17.1 Å². The maximum atomic E-state index is 3.66. The number of nitrogens with one attached hydrogen (secondary N) is 1. The highest BCUT2D eigenvalue weighted by molar-refractivity contribution is 9.10. The number of hydrogen-bond acceptors (Lipinski definition) is 1. The molecule has 1 atom stereocenters. The molecule has 0 amide bonds. The van der Waals surface area contributed by atoms with Gasteiger partial charge in [-0.2, -0.15) is 0 Å². The molecule has 1 aliphatic heterocycles. The fraction of sp³-hybridized carbons (Fsp3) is 0.500. The van der Waals surface area contributed by atoms with Crippen LogP contribution in [0.1, 0.15) is 30.0 Å². The topological polar surface area (TPSA) is 12.0 Å². The number of halogens is 1. The van der Waals surface area contributed by atoms with Crippen LogP contribution in [0.15, 0.2) is 16.6 Å². The van der Waals surface area contributed by atoms with E-state index in [2.05, 4.69) is 47.2 Å². The molecular weight excluding hydrogens is 238 g/mol. The molecule has 1 nitrogen and oxygen atoms in total. The highest BCUT2D eigenvalue weighted by Gasteiger charge is 2.18. The Kier molecular flexibility index (Phi) is 2.93. The molecule has 1 aromatic rings. The molecule has 2 heteroatoms. The van der Waals surface area contributed by atoms with E-state index in [1.807, 2.05) is 0 Å². The van der Waals surface area contributed by atoms with E-state index in [0.717, 1.165) is 13.0 Å². The Morgan fingerprint density at radius 3 is 3.00 bits per heavy atom. The van der Waals surface area contributed by atoms with Crippen LogP contribution in [0.4, 0.5) is 0 Å². The summed E-state index contributed by atoms with van der Waals surface area (Å²) in [5.74, 6) is 0. The second-order valence-electron chi connectivity index (χ2n) is 4.07. The first-order chi connectivity index (χ1) is 6.70. The van der Waals surface area contributed by atoms with E-state index < -0.39 is 0 Å². The van der Waals surface area contributed by atoms with Crippen molar-refractivity contribution in [1.29, 1.82) is 0 Å². The zero-order chi connectivity index (χ0) is 10.1. The Morgan fingerprint density at radius 1 is 1.50 bits per heavy atom. The van der Waals surface area contributed by atoms with Crippen molar-refractivity contribution < 1.29 is 0 Å². The van der Waals surface area contributed by atoms with E-state index in [1.165, 1.54) is 27.6 Å². The van der Waals surface area contributed by atoms with Gasteiger partial charge in [-0.15, -0.1) is 0 Å². The Labute approximate surface area is 94.0 Å². The predicted molar refractivity (Wildman–Crippen MR) is 63.5 cm³/mol. The molecule has 1 N–H and O–H groups in total. The Morgan fingerprint density at radius 2 is 2.29 bits per heavy atom. The maximum Gasteiger partial charge on any atom is 0.0213 e. The highest BCUT2D eigenvalue weighted by atomic mass is 79.9. The largest absolute Gasteiger partial charge is 0.310 e. The van der Waals surface area contributed by atoms with Gasteiger partial charge >= 0.3 is 0 Å². The van der Waals surface area contributed by atoms with Crippen molar-refractivity contribution >= 4 is 15.9 Å². The molecule has 1 heterocycles. The molecule has 0 aromatic heterocycles. The van der Waals surface area contributed by atoms with Crippen LogP contribution in [-0.2, 0) is 13.0 Å². The minimum Gasteiger partial charge on any atom is -0.310 e. The number of aryl methyl sites for hydroxylation is 1. The third kappa shape index (κ3) is 1.86. The highest BCUT2D eigenvalue weighted by Crippen LogP contribution is 2.27. The first-order valence-corrected chi connectivity index (χ1v) is 6.01. The smallest absolute Gasteiger partial charge is 0.0213 e. The van der Waals surface area contributed by atoms with Crippen LogP contribution in [0.2, 0.25) is 0 Å². The zero-order valence-electron chi connectivity index (χ0n) is 8.73. The molecule has 0 fully saturated rings. The van der Waals surface area contributed by atoms with Gasteiger partial charge in [0.2, 0.25) is 0 Å². The summed E-state index contributed by atoms with van der Waals surface area (Å²) in [7, 11) is 0. The number of hydrogen-bond donors (Lipinski definition) is 1. The first kappa shape index (κ1) is 10.2. The second-order valence-corrected chi connectivity index (χ2v) is 4.93. The van der Waals surface area contributed by atoms with Crippen molar-refractivity contribution in [2.45, 2.75) is 39.3 Å². The van der Waals surface area contributed by atoms with Gasteiger partial charge in [0.1, 0.15) is 0 Å². The average Bonchev–Trinajstić information content (AvgIpc) is 2.17. The van der Waals surface area contributed by atoms with Crippen LogP contribution >= 0.6 is 15.9 Å². The maximum absolute atomic E-state index is 3.66. The summed E-state index contributed by atoms with van der Waals surface area (Å²) in [6.45, 7) is 5.41. The Bertz CT molecular complexity index is 346. The molecule has 2 rings (SSSR count). The minimum absolute atomic E-state index is 0.654.